The predicted octanol–water partition coefficient (Wildman–Crippen LogP) is 2.64. The molecule has 0 saturated heterocycles. The maximum absolute atomic E-state index is 13.0. The molecule has 0 aromatic carbocycles. The van der Waals surface area contributed by atoms with Crippen molar-refractivity contribution in [2.24, 2.45) is 0 Å². The number of carbonyl (C=O) groups excluding carboxylic acids is 2. The molecule has 0 saturated carbocycles. The van der Waals surface area contributed by atoms with E-state index in [2.05, 4.69) is 10.2 Å². The fraction of sp³-hybridized carbons (Fsp3) is 0.235. The molecule has 1 aliphatic heterocycles. The van der Waals surface area contributed by atoms with Gasteiger partial charge in [0.25, 0.3) is 5.91 Å². The van der Waals surface area contributed by atoms with Gasteiger partial charge in [0.2, 0.25) is 0 Å². The minimum atomic E-state index is -0.740. The number of aromatic nitrogens is 2. The van der Waals surface area contributed by atoms with Crippen LogP contribution < -0.4 is 0 Å². The minimum Gasteiger partial charge on any atom is -0.467 e. The van der Waals surface area contributed by atoms with Crippen LogP contribution in [0.15, 0.2) is 40.3 Å². The first-order valence-electron chi connectivity index (χ1n) is 7.73. The van der Waals surface area contributed by atoms with Gasteiger partial charge in [-0.25, -0.2) is 4.79 Å². The van der Waals surface area contributed by atoms with Crippen molar-refractivity contribution in [3.05, 3.63) is 52.0 Å². The van der Waals surface area contributed by atoms with E-state index in [-0.39, 0.29) is 11.6 Å². The van der Waals surface area contributed by atoms with E-state index in [4.69, 9.17) is 9.15 Å². The summed E-state index contributed by atoms with van der Waals surface area (Å²) in [4.78, 5) is 27.9. The first-order chi connectivity index (χ1) is 12.2. The highest BCUT2D eigenvalue weighted by atomic mass is 32.1. The Morgan fingerprint density at radius 2 is 2.32 bits per heavy atom. The number of ether oxygens (including phenoxy) is 1. The van der Waals surface area contributed by atoms with Gasteiger partial charge in [0.1, 0.15) is 5.69 Å². The fourth-order valence-electron chi connectivity index (χ4n) is 3.04. The number of esters is 1. The van der Waals surface area contributed by atoms with Crippen molar-refractivity contribution < 1.29 is 18.7 Å². The van der Waals surface area contributed by atoms with Crippen LogP contribution in [0.1, 0.15) is 27.0 Å². The predicted molar refractivity (Wildman–Crippen MR) is 90.1 cm³/mol. The number of hydrogen-bond donors (Lipinski definition) is 1. The van der Waals surface area contributed by atoms with Crippen molar-refractivity contribution in [3.63, 3.8) is 0 Å². The molecule has 0 spiro atoms. The number of aromatic amines is 1. The Balaban J connectivity index is 1.66. The van der Waals surface area contributed by atoms with E-state index >= 15 is 0 Å². The highest BCUT2D eigenvalue weighted by Gasteiger charge is 2.38. The van der Waals surface area contributed by atoms with E-state index in [1.165, 1.54) is 12.0 Å². The monoisotopic (exact) mass is 357 g/mol. The van der Waals surface area contributed by atoms with Crippen LogP contribution in [0.3, 0.4) is 0 Å². The molecule has 25 heavy (non-hydrogen) atoms. The highest BCUT2D eigenvalue weighted by molar-refractivity contribution is 7.10. The van der Waals surface area contributed by atoms with Crippen molar-refractivity contribution in [2.75, 3.05) is 13.7 Å². The number of amides is 1. The summed E-state index contributed by atoms with van der Waals surface area (Å²) in [5, 5.41) is 8.81. The van der Waals surface area contributed by atoms with Gasteiger partial charge in [-0.05, 0) is 35.6 Å². The molecular weight excluding hydrogens is 342 g/mol. The third-order valence-corrected chi connectivity index (χ3v) is 5.23. The van der Waals surface area contributed by atoms with Crippen LogP contribution >= 0.6 is 11.3 Å². The zero-order valence-electron chi connectivity index (χ0n) is 13.4. The Kier molecular flexibility index (Phi) is 3.89. The lowest BCUT2D eigenvalue weighted by Gasteiger charge is -2.33. The van der Waals surface area contributed by atoms with E-state index in [0.717, 1.165) is 10.4 Å². The summed E-state index contributed by atoms with van der Waals surface area (Å²) >= 11 is 1.59. The third-order valence-electron chi connectivity index (χ3n) is 4.23. The smallest absolute Gasteiger partial charge is 0.333 e. The molecule has 4 rings (SSSR count). The van der Waals surface area contributed by atoms with E-state index in [0.29, 0.717) is 24.4 Å². The molecule has 1 amide bonds. The largest absolute Gasteiger partial charge is 0.467 e. The van der Waals surface area contributed by atoms with E-state index < -0.39 is 12.0 Å². The third kappa shape index (κ3) is 2.64. The molecule has 0 bridgehead atoms. The number of nitrogens with one attached hydrogen (secondary N) is 1. The maximum Gasteiger partial charge on any atom is 0.333 e. The SMILES string of the molecule is COC(=O)C1c2ccsc2CCN1C(=O)c1cc(-c2ccco2)[nH]n1. The summed E-state index contributed by atoms with van der Waals surface area (Å²) < 4.78 is 10.2. The fourth-order valence-corrected chi connectivity index (χ4v) is 3.94. The van der Waals surface area contributed by atoms with Crippen LogP contribution in [0.5, 0.6) is 0 Å². The Morgan fingerprint density at radius 1 is 1.44 bits per heavy atom. The molecule has 128 valence electrons. The number of carbonyl (C=O) groups is 2. The standard InChI is InChI=1S/C17H15N3O4S/c1-23-17(22)15-10-5-8-25-14(10)4-6-20(15)16(21)12-9-11(18-19-12)13-3-2-7-24-13/h2-3,5,7-9,15H,4,6H2,1H3,(H,18,19). The van der Waals surface area contributed by atoms with Gasteiger partial charge >= 0.3 is 5.97 Å². The van der Waals surface area contributed by atoms with Gasteiger partial charge in [-0.15, -0.1) is 11.3 Å². The average molecular weight is 357 g/mol. The first-order valence-corrected chi connectivity index (χ1v) is 8.61. The average Bonchev–Trinajstić information content (AvgIpc) is 3.39. The van der Waals surface area contributed by atoms with Crippen molar-refractivity contribution in [1.29, 1.82) is 0 Å². The van der Waals surface area contributed by atoms with Crippen LogP contribution in [-0.4, -0.2) is 40.6 Å². The lowest BCUT2D eigenvalue weighted by Crippen LogP contribution is -2.43. The number of methoxy groups -OCH3 is 1. The van der Waals surface area contributed by atoms with Crippen molar-refractivity contribution in [2.45, 2.75) is 12.5 Å². The molecule has 7 nitrogen and oxygen atoms in total. The molecule has 0 aliphatic carbocycles. The minimum absolute atomic E-state index is 0.235. The topological polar surface area (TPSA) is 88.4 Å². The van der Waals surface area contributed by atoms with Crippen LogP contribution in [0, 0.1) is 0 Å². The molecule has 8 heteroatoms. The molecule has 1 unspecified atom stereocenters. The zero-order chi connectivity index (χ0) is 17.4. The lowest BCUT2D eigenvalue weighted by molar-refractivity contribution is -0.146. The number of H-pyrrole nitrogens is 1. The van der Waals surface area contributed by atoms with Gasteiger partial charge in [0, 0.05) is 17.5 Å². The van der Waals surface area contributed by atoms with E-state index in [1.54, 1.807) is 35.8 Å². The number of thiophene rings is 1. The van der Waals surface area contributed by atoms with E-state index in [1.807, 2.05) is 11.4 Å². The number of nitrogens with zero attached hydrogens (tertiary/aromatic N) is 2. The van der Waals surface area contributed by atoms with Gasteiger partial charge < -0.3 is 14.1 Å². The summed E-state index contributed by atoms with van der Waals surface area (Å²) in [5.74, 6) is -0.175. The second-order valence-corrected chi connectivity index (χ2v) is 6.62. The normalized spacial score (nSPS) is 16.5. The lowest BCUT2D eigenvalue weighted by atomic mass is 9.99. The molecule has 1 aliphatic rings. The van der Waals surface area contributed by atoms with Gasteiger partial charge in [-0.1, -0.05) is 0 Å². The first kappa shape index (κ1) is 15.6. The van der Waals surface area contributed by atoms with Crippen LogP contribution in [0.4, 0.5) is 0 Å². The summed E-state index contributed by atoms with van der Waals surface area (Å²) in [6.07, 6.45) is 2.26. The maximum atomic E-state index is 13.0. The van der Waals surface area contributed by atoms with E-state index in [9.17, 15) is 9.59 Å². The van der Waals surface area contributed by atoms with Crippen molar-refractivity contribution in [1.82, 2.24) is 15.1 Å². The summed E-state index contributed by atoms with van der Waals surface area (Å²) in [7, 11) is 1.33. The Bertz CT molecular complexity index is 912. The summed E-state index contributed by atoms with van der Waals surface area (Å²) in [5.41, 5.74) is 1.67. The van der Waals surface area contributed by atoms with Crippen LogP contribution in [0.25, 0.3) is 11.5 Å². The second-order valence-electron chi connectivity index (χ2n) is 5.62. The van der Waals surface area contributed by atoms with Crippen molar-refractivity contribution >= 4 is 23.2 Å². The number of furan rings is 1. The van der Waals surface area contributed by atoms with Gasteiger partial charge in [-0.2, -0.15) is 5.10 Å². The van der Waals surface area contributed by atoms with Gasteiger partial charge in [-0.3, -0.25) is 9.89 Å². The second kappa shape index (κ2) is 6.21. The number of fused-ring (bicyclic) bond motifs is 1. The Morgan fingerprint density at radius 3 is 3.08 bits per heavy atom. The molecule has 4 heterocycles. The quantitative estimate of drug-likeness (QED) is 0.728. The summed E-state index contributed by atoms with van der Waals surface area (Å²) in [6.45, 7) is 0.440. The molecule has 0 fully saturated rings. The molecule has 3 aromatic heterocycles. The highest BCUT2D eigenvalue weighted by Crippen LogP contribution is 2.35. The Labute approximate surface area is 147 Å². The molecule has 0 radical (unpaired) electrons. The zero-order valence-corrected chi connectivity index (χ0v) is 14.2. The van der Waals surface area contributed by atoms with Crippen LogP contribution in [0.2, 0.25) is 0 Å². The molecule has 1 N–H and O–H groups in total. The number of rotatable bonds is 3. The summed E-state index contributed by atoms with van der Waals surface area (Å²) in [6, 6.07) is 6.29. The molecule has 3 aromatic rings. The molecular formula is C17H15N3O4S. The van der Waals surface area contributed by atoms with Crippen molar-refractivity contribution in [3.8, 4) is 11.5 Å². The molecule has 1 atom stereocenters. The van der Waals surface area contributed by atoms with Gasteiger partial charge in [0.15, 0.2) is 17.5 Å². The van der Waals surface area contributed by atoms with Crippen LogP contribution in [-0.2, 0) is 16.0 Å². The number of hydrogen-bond acceptors (Lipinski definition) is 6. The van der Waals surface area contributed by atoms with Gasteiger partial charge in [0.05, 0.1) is 13.4 Å². The Hall–Kier alpha value is -2.87.